The van der Waals surface area contributed by atoms with Gasteiger partial charge in [0, 0.05) is 0 Å². The molecule has 0 aromatic rings. The van der Waals surface area contributed by atoms with Crippen LogP contribution in [0.25, 0.3) is 0 Å². The topological polar surface area (TPSA) is 0 Å². The molecule has 202 valence electrons. The Morgan fingerprint density at radius 3 is 0.750 bits per heavy atom. The molecule has 0 aliphatic carbocycles. The number of hydrogen-bond acceptors (Lipinski definition) is 0. The fourth-order valence-corrected chi connectivity index (χ4v) is 2.39. The normalized spacial score (nSPS) is 10.7. The fraction of sp³-hybridized carbons (Fsp3) is 1.00. The zero-order valence-electron chi connectivity index (χ0n) is 26.6. The fourth-order valence-electron chi connectivity index (χ4n) is 2.39. The molecule has 32 heavy (non-hydrogen) atoms. The van der Waals surface area contributed by atoms with Crippen molar-refractivity contribution in [2.24, 2.45) is 22.7 Å². The van der Waals surface area contributed by atoms with Crippen molar-refractivity contribution in [3.63, 3.8) is 0 Å². The van der Waals surface area contributed by atoms with Gasteiger partial charge in [0.2, 0.25) is 0 Å². The third kappa shape index (κ3) is 37.3. The Labute approximate surface area is 210 Å². The van der Waals surface area contributed by atoms with Crippen LogP contribution in [0.2, 0.25) is 0 Å². The van der Waals surface area contributed by atoms with E-state index in [0.29, 0.717) is 10.8 Å². The SMILES string of the molecule is CCC(C)(C)CC.CCC(C)C.CCC(C)CC.CCC(CC)(CC)CC.CCCCC. The van der Waals surface area contributed by atoms with E-state index in [-0.39, 0.29) is 0 Å². The third-order valence-electron chi connectivity index (χ3n) is 7.83. The first-order valence-corrected chi connectivity index (χ1v) is 14.9. The molecule has 0 amide bonds. The molecule has 0 spiro atoms. The smallest absolute Gasteiger partial charge is 0.0308 e. The maximum Gasteiger partial charge on any atom is -0.0308 e. The van der Waals surface area contributed by atoms with Gasteiger partial charge in [-0.15, -0.1) is 0 Å². The van der Waals surface area contributed by atoms with E-state index in [1.807, 2.05) is 0 Å². The van der Waals surface area contributed by atoms with Gasteiger partial charge in [0.25, 0.3) is 0 Å². The highest BCUT2D eigenvalue weighted by Gasteiger charge is 2.20. The summed E-state index contributed by atoms with van der Waals surface area (Å²) in [5.74, 6) is 1.82. The Hall–Kier alpha value is 0. The molecule has 0 heteroatoms. The average molecular weight is 459 g/mol. The van der Waals surface area contributed by atoms with Gasteiger partial charge in [-0.25, -0.2) is 0 Å². The second-order valence-electron chi connectivity index (χ2n) is 10.9. The lowest BCUT2D eigenvalue weighted by Gasteiger charge is -2.28. The summed E-state index contributed by atoms with van der Waals surface area (Å²) in [7, 11) is 0. The maximum absolute atomic E-state index is 2.30. The van der Waals surface area contributed by atoms with E-state index in [1.54, 1.807) is 0 Å². The maximum atomic E-state index is 2.30. The minimum atomic E-state index is 0.583. The van der Waals surface area contributed by atoms with Crippen LogP contribution in [0, 0.1) is 22.7 Å². The van der Waals surface area contributed by atoms with Crippen LogP contribution in [0.15, 0.2) is 0 Å². The van der Waals surface area contributed by atoms with Crippen molar-refractivity contribution >= 4 is 0 Å². The standard InChI is InChI=1S/C9H20.C7H16.C6H14.2C5H12/c1-5-9(6-2,7-3)8-4;1-5-7(3,4)6-2;1-4-6(3)5-2;1-4-5(2)3;1-3-5-4-2/h5-8H2,1-4H3;5-6H2,1-4H3;6H,4-5H2,1-3H3;5H,4H2,1-3H3;3-5H2,1-2H3. The molecule has 0 atom stereocenters. The lowest BCUT2D eigenvalue weighted by atomic mass is 9.78. The van der Waals surface area contributed by atoms with Crippen LogP contribution >= 0.6 is 0 Å². The summed E-state index contributed by atoms with van der Waals surface area (Å²) in [4.78, 5) is 0. The second kappa shape index (κ2) is 31.0. The Balaban J connectivity index is -0.0000000969. The lowest BCUT2D eigenvalue weighted by Crippen LogP contribution is -2.15. The van der Waals surface area contributed by atoms with Crippen molar-refractivity contribution in [2.75, 3.05) is 0 Å². The van der Waals surface area contributed by atoms with Gasteiger partial charge in [0.15, 0.2) is 0 Å². The van der Waals surface area contributed by atoms with Crippen LogP contribution in [0.5, 0.6) is 0 Å². The molecule has 0 saturated carbocycles. The van der Waals surface area contributed by atoms with Crippen molar-refractivity contribution in [3.05, 3.63) is 0 Å². The van der Waals surface area contributed by atoms with E-state index in [4.69, 9.17) is 0 Å². The third-order valence-corrected chi connectivity index (χ3v) is 7.83. The predicted molar refractivity (Wildman–Crippen MR) is 158 cm³/mol. The molecule has 0 saturated heterocycles. The van der Waals surface area contributed by atoms with E-state index >= 15 is 0 Å². The number of hydrogen-bond donors (Lipinski definition) is 0. The van der Waals surface area contributed by atoms with Gasteiger partial charge >= 0.3 is 0 Å². The van der Waals surface area contributed by atoms with Gasteiger partial charge in [-0.1, -0.05) is 188 Å². The molecule has 0 fully saturated rings. The van der Waals surface area contributed by atoms with Gasteiger partial charge in [-0.2, -0.15) is 0 Å². The minimum absolute atomic E-state index is 0.583. The summed E-state index contributed by atoms with van der Waals surface area (Å²) >= 11 is 0. The monoisotopic (exact) mass is 459 g/mol. The molecule has 0 bridgehead atoms. The summed E-state index contributed by atoms with van der Waals surface area (Å²) < 4.78 is 0. The van der Waals surface area contributed by atoms with Crippen molar-refractivity contribution in [1.82, 2.24) is 0 Å². The Morgan fingerprint density at radius 2 is 0.750 bits per heavy atom. The van der Waals surface area contributed by atoms with E-state index in [2.05, 4.69) is 111 Å². The van der Waals surface area contributed by atoms with Crippen LogP contribution in [-0.2, 0) is 0 Å². The highest BCUT2D eigenvalue weighted by molar-refractivity contribution is 4.72. The molecule has 0 nitrogen and oxygen atoms in total. The molecule has 0 N–H and O–H groups in total. The quantitative estimate of drug-likeness (QED) is 0.288. The van der Waals surface area contributed by atoms with Crippen LogP contribution in [-0.4, -0.2) is 0 Å². The largest absolute Gasteiger partial charge is 0.0654 e. The van der Waals surface area contributed by atoms with Crippen molar-refractivity contribution in [3.8, 4) is 0 Å². The van der Waals surface area contributed by atoms with Gasteiger partial charge < -0.3 is 0 Å². The summed E-state index contributed by atoms with van der Waals surface area (Å²) in [6.45, 7) is 36.1. The first-order chi connectivity index (χ1) is 14.9. The summed E-state index contributed by atoms with van der Waals surface area (Å²) in [6, 6.07) is 0. The minimum Gasteiger partial charge on any atom is -0.0654 e. The first-order valence-electron chi connectivity index (χ1n) is 14.9. The molecule has 0 aromatic heterocycles. The molecule has 0 radical (unpaired) electrons. The summed E-state index contributed by atoms with van der Waals surface area (Å²) in [5.41, 5.74) is 1.25. The van der Waals surface area contributed by atoms with Crippen molar-refractivity contribution < 1.29 is 0 Å². The average Bonchev–Trinajstić information content (AvgIpc) is 2.82. The number of rotatable bonds is 11. The lowest BCUT2D eigenvalue weighted by molar-refractivity contribution is 0.240. The Kier molecular flexibility index (Phi) is 40.9. The summed E-state index contributed by atoms with van der Waals surface area (Å²) in [5, 5.41) is 0. The molecule has 0 heterocycles. The van der Waals surface area contributed by atoms with E-state index < -0.39 is 0 Å². The van der Waals surface area contributed by atoms with Crippen molar-refractivity contribution in [2.45, 2.75) is 188 Å². The van der Waals surface area contributed by atoms with Crippen LogP contribution in [0.3, 0.4) is 0 Å². The van der Waals surface area contributed by atoms with Crippen LogP contribution < -0.4 is 0 Å². The highest BCUT2D eigenvalue weighted by Crippen LogP contribution is 2.33. The van der Waals surface area contributed by atoms with Gasteiger partial charge in [0.1, 0.15) is 0 Å². The van der Waals surface area contributed by atoms with Crippen LogP contribution in [0.1, 0.15) is 188 Å². The zero-order valence-corrected chi connectivity index (χ0v) is 26.6. The van der Waals surface area contributed by atoms with Gasteiger partial charge in [0.05, 0.1) is 0 Å². The molecule has 0 aliphatic rings. The zero-order chi connectivity index (χ0) is 26.6. The molecule has 0 unspecified atom stereocenters. The summed E-state index contributed by atoms with van der Waals surface area (Å²) in [6.07, 6.45) is 16.0. The second-order valence-corrected chi connectivity index (χ2v) is 10.9. The number of unbranched alkanes of at least 4 members (excludes halogenated alkanes) is 2. The van der Waals surface area contributed by atoms with Gasteiger partial charge in [-0.05, 0) is 22.7 Å². The van der Waals surface area contributed by atoms with Gasteiger partial charge in [-0.3, -0.25) is 0 Å². The molecule has 0 aromatic carbocycles. The van der Waals surface area contributed by atoms with E-state index in [1.165, 1.54) is 77.0 Å². The first kappa shape index (κ1) is 42.2. The molecule has 0 rings (SSSR count). The van der Waals surface area contributed by atoms with E-state index in [0.717, 1.165) is 11.8 Å². The highest BCUT2D eigenvalue weighted by atomic mass is 14.3. The predicted octanol–water partition coefficient (Wildman–Crippen LogP) is 13.1. The molecule has 0 aliphatic heterocycles. The Bertz CT molecular complexity index is 253. The molecular formula is C32H74. The van der Waals surface area contributed by atoms with Crippen molar-refractivity contribution in [1.29, 1.82) is 0 Å². The van der Waals surface area contributed by atoms with E-state index in [9.17, 15) is 0 Å². The molecular weight excluding hydrogens is 384 g/mol. The van der Waals surface area contributed by atoms with Crippen LogP contribution in [0.4, 0.5) is 0 Å². The Morgan fingerprint density at radius 1 is 0.469 bits per heavy atom.